The summed E-state index contributed by atoms with van der Waals surface area (Å²) in [7, 11) is 0. The molecule has 0 bridgehead atoms. The fraction of sp³-hybridized carbons (Fsp3) is 0.667. The molecule has 0 aromatic heterocycles. The van der Waals surface area contributed by atoms with Crippen molar-refractivity contribution in [3.05, 3.63) is 12.2 Å². The zero-order valence-electron chi connectivity index (χ0n) is 13.9. The molecule has 0 fully saturated rings. The maximum atomic E-state index is 11.7. The first-order valence-corrected chi connectivity index (χ1v) is 7.35. The first-order valence-electron chi connectivity index (χ1n) is 7.35. The molecule has 3 amide bonds. The maximum absolute atomic E-state index is 11.7. The van der Waals surface area contributed by atoms with Crippen molar-refractivity contribution >= 4 is 17.9 Å². The number of hydrogen-bond acceptors (Lipinski definition) is 4. The zero-order valence-corrected chi connectivity index (χ0v) is 13.9. The summed E-state index contributed by atoms with van der Waals surface area (Å²) in [5.41, 5.74) is -0.376. The summed E-state index contributed by atoms with van der Waals surface area (Å²) in [5, 5.41) is 7.76. The monoisotopic (exact) mass is 313 g/mol. The van der Waals surface area contributed by atoms with Gasteiger partial charge in [-0.2, -0.15) is 0 Å². The number of rotatable bonds is 8. The van der Waals surface area contributed by atoms with Crippen LogP contribution in [-0.4, -0.2) is 43.1 Å². The third-order valence-corrected chi connectivity index (χ3v) is 2.35. The van der Waals surface area contributed by atoms with E-state index in [0.717, 1.165) is 6.42 Å². The van der Waals surface area contributed by atoms with Crippen molar-refractivity contribution in [2.24, 2.45) is 0 Å². The first-order chi connectivity index (χ1) is 10.2. The SMILES string of the molecule is C=C(CC(=O)NCCC)C(=O)NCCNC(=O)OC(C)(C)C. The van der Waals surface area contributed by atoms with E-state index in [4.69, 9.17) is 4.74 Å². The van der Waals surface area contributed by atoms with Crippen molar-refractivity contribution in [1.82, 2.24) is 16.0 Å². The lowest BCUT2D eigenvalue weighted by Crippen LogP contribution is -2.38. The molecule has 0 aromatic carbocycles. The molecule has 0 unspecified atom stereocenters. The predicted octanol–water partition coefficient (Wildman–Crippen LogP) is 1.10. The Balaban J connectivity index is 3.87. The highest BCUT2D eigenvalue weighted by Crippen LogP contribution is 2.06. The van der Waals surface area contributed by atoms with Crippen LogP contribution in [0.15, 0.2) is 12.2 Å². The molecule has 3 N–H and O–H groups in total. The van der Waals surface area contributed by atoms with Crippen LogP contribution in [0.4, 0.5) is 4.79 Å². The summed E-state index contributed by atoms with van der Waals surface area (Å²) in [5.74, 6) is -0.633. The number of hydrogen-bond donors (Lipinski definition) is 3. The van der Waals surface area contributed by atoms with E-state index in [1.807, 2.05) is 6.92 Å². The van der Waals surface area contributed by atoms with Crippen LogP contribution >= 0.6 is 0 Å². The van der Waals surface area contributed by atoms with Crippen LogP contribution in [0.2, 0.25) is 0 Å². The molecule has 0 aromatic rings. The molecule has 0 aliphatic carbocycles. The Morgan fingerprint density at radius 2 is 1.59 bits per heavy atom. The third kappa shape index (κ3) is 10.7. The molecule has 0 saturated carbocycles. The molecule has 0 aliphatic heterocycles. The third-order valence-electron chi connectivity index (χ3n) is 2.35. The molecule has 0 radical (unpaired) electrons. The van der Waals surface area contributed by atoms with E-state index in [-0.39, 0.29) is 31.0 Å². The minimum absolute atomic E-state index is 0.0364. The summed E-state index contributed by atoms with van der Waals surface area (Å²) >= 11 is 0. The molecule has 0 rings (SSSR count). The van der Waals surface area contributed by atoms with Gasteiger partial charge >= 0.3 is 6.09 Å². The summed E-state index contributed by atoms with van der Waals surface area (Å²) < 4.78 is 5.05. The molecule has 7 heteroatoms. The van der Waals surface area contributed by atoms with Gasteiger partial charge in [-0.25, -0.2) is 4.79 Å². The van der Waals surface area contributed by atoms with Gasteiger partial charge in [-0.1, -0.05) is 13.5 Å². The summed E-state index contributed by atoms with van der Waals surface area (Å²) in [6, 6.07) is 0. The number of nitrogens with one attached hydrogen (secondary N) is 3. The number of amides is 3. The largest absolute Gasteiger partial charge is 0.444 e. The van der Waals surface area contributed by atoms with Crippen LogP contribution in [0, 0.1) is 0 Å². The Morgan fingerprint density at radius 1 is 1.00 bits per heavy atom. The lowest BCUT2D eigenvalue weighted by Gasteiger charge is -2.19. The quantitative estimate of drug-likeness (QED) is 0.462. The number of carbonyl (C=O) groups excluding carboxylic acids is 3. The first kappa shape index (κ1) is 19.9. The second-order valence-corrected chi connectivity index (χ2v) is 5.81. The summed E-state index contributed by atoms with van der Waals surface area (Å²) in [6.07, 6.45) is 0.256. The number of ether oxygens (including phenoxy) is 1. The standard InChI is InChI=1S/C15H27N3O4/c1-6-7-16-12(19)10-11(2)13(20)17-8-9-18-14(21)22-15(3,4)5/h2,6-10H2,1,3-5H3,(H,16,19)(H,17,20)(H,18,21). The van der Waals surface area contributed by atoms with Gasteiger partial charge in [0.25, 0.3) is 0 Å². The zero-order chi connectivity index (χ0) is 17.2. The molecular weight excluding hydrogens is 286 g/mol. The fourth-order valence-electron chi connectivity index (χ4n) is 1.38. The Bertz CT molecular complexity index is 414. The van der Waals surface area contributed by atoms with Gasteiger partial charge in [-0.15, -0.1) is 0 Å². The highest BCUT2D eigenvalue weighted by molar-refractivity contribution is 5.98. The van der Waals surface area contributed by atoms with Gasteiger partial charge in [0.15, 0.2) is 0 Å². The van der Waals surface area contributed by atoms with Crippen LogP contribution in [0.3, 0.4) is 0 Å². The van der Waals surface area contributed by atoms with Gasteiger partial charge in [0.05, 0.1) is 6.42 Å². The lowest BCUT2D eigenvalue weighted by atomic mass is 10.2. The predicted molar refractivity (Wildman–Crippen MR) is 84.3 cm³/mol. The van der Waals surface area contributed by atoms with Crippen LogP contribution in [0.25, 0.3) is 0 Å². The highest BCUT2D eigenvalue weighted by Gasteiger charge is 2.15. The van der Waals surface area contributed by atoms with Gasteiger partial charge in [0, 0.05) is 25.2 Å². The average molecular weight is 313 g/mol. The normalized spacial score (nSPS) is 10.5. The molecule has 0 atom stereocenters. The molecule has 0 saturated heterocycles. The van der Waals surface area contributed by atoms with E-state index >= 15 is 0 Å². The van der Waals surface area contributed by atoms with Crippen molar-refractivity contribution in [3.8, 4) is 0 Å². The molecule has 0 spiro atoms. The maximum Gasteiger partial charge on any atom is 0.407 e. The smallest absolute Gasteiger partial charge is 0.407 e. The summed E-state index contributed by atoms with van der Waals surface area (Å²) in [4.78, 5) is 34.5. The molecular formula is C15H27N3O4. The Hall–Kier alpha value is -2.05. The van der Waals surface area contributed by atoms with Crippen LogP contribution in [0.5, 0.6) is 0 Å². The summed E-state index contributed by atoms with van der Waals surface area (Å²) in [6.45, 7) is 11.9. The topological polar surface area (TPSA) is 96.5 Å². The Kier molecular flexibility index (Phi) is 8.89. The van der Waals surface area contributed by atoms with E-state index in [1.165, 1.54) is 0 Å². The second kappa shape index (κ2) is 9.81. The minimum Gasteiger partial charge on any atom is -0.444 e. The number of alkyl carbamates (subject to hydrolysis) is 1. The van der Waals surface area contributed by atoms with Gasteiger partial charge in [-0.3, -0.25) is 9.59 Å². The van der Waals surface area contributed by atoms with Crippen molar-refractivity contribution in [1.29, 1.82) is 0 Å². The molecule has 22 heavy (non-hydrogen) atoms. The van der Waals surface area contributed by atoms with E-state index in [9.17, 15) is 14.4 Å². The second-order valence-electron chi connectivity index (χ2n) is 5.81. The molecule has 0 heterocycles. The van der Waals surface area contributed by atoms with Gasteiger partial charge in [-0.05, 0) is 27.2 Å². The van der Waals surface area contributed by atoms with Crippen molar-refractivity contribution in [2.75, 3.05) is 19.6 Å². The molecule has 7 nitrogen and oxygen atoms in total. The minimum atomic E-state index is -0.562. The van der Waals surface area contributed by atoms with Crippen molar-refractivity contribution in [3.63, 3.8) is 0 Å². The van der Waals surface area contributed by atoms with Crippen molar-refractivity contribution in [2.45, 2.75) is 46.1 Å². The van der Waals surface area contributed by atoms with Gasteiger partial charge < -0.3 is 20.7 Å². The lowest BCUT2D eigenvalue weighted by molar-refractivity contribution is -0.123. The van der Waals surface area contributed by atoms with E-state index < -0.39 is 17.6 Å². The van der Waals surface area contributed by atoms with Gasteiger partial charge in [0.1, 0.15) is 5.60 Å². The highest BCUT2D eigenvalue weighted by atomic mass is 16.6. The average Bonchev–Trinajstić information content (AvgIpc) is 2.38. The number of carbonyl (C=O) groups is 3. The Labute approximate surface area is 131 Å². The molecule has 0 aliphatic rings. The Morgan fingerprint density at radius 3 is 2.14 bits per heavy atom. The molecule has 126 valence electrons. The van der Waals surface area contributed by atoms with E-state index in [2.05, 4.69) is 22.5 Å². The van der Waals surface area contributed by atoms with Crippen molar-refractivity contribution < 1.29 is 19.1 Å². The van der Waals surface area contributed by atoms with Crippen LogP contribution < -0.4 is 16.0 Å². The van der Waals surface area contributed by atoms with Crippen LogP contribution in [-0.2, 0) is 14.3 Å². The van der Waals surface area contributed by atoms with Crippen LogP contribution in [0.1, 0.15) is 40.5 Å². The van der Waals surface area contributed by atoms with Gasteiger partial charge in [0.2, 0.25) is 11.8 Å². The van der Waals surface area contributed by atoms with E-state index in [0.29, 0.717) is 6.54 Å². The fourth-order valence-corrected chi connectivity index (χ4v) is 1.38. The van der Waals surface area contributed by atoms with E-state index in [1.54, 1.807) is 20.8 Å².